The number of anilines is 3. The van der Waals surface area contributed by atoms with Crippen molar-refractivity contribution in [1.29, 1.82) is 0 Å². The predicted molar refractivity (Wildman–Crippen MR) is 109 cm³/mol. The summed E-state index contributed by atoms with van der Waals surface area (Å²) in [4.78, 5) is 20.1. The molecule has 0 unspecified atom stereocenters. The van der Waals surface area contributed by atoms with Crippen molar-refractivity contribution in [3.63, 3.8) is 0 Å². The van der Waals surface area contributed by atoms with Crippen molar-refractivity contribution in [3.8, 4) is 0 Å². The predicted octanol–water partition coefficient (Wildman–Crippen LogP) is 3.60. The number of hydrogen-bond acceptors (Lipinski definition) is 6. The number of nitrogens with one attached hydrogen (secondary N) is 1. The summed E-state index contributed by atoms with van der Waals surface area (Å²) >= 11 is 0. The first-order chi connectivity index (χ1) is 14.9. The van der Waals surface area contributed by atoms with E-state index in [2.05, 4.69) is 20.5 Å². The zero-order valence-corrected chi connectivity index (χ0v) is 16.4. The number of hydrogen-bond donors (Lipinski definition) is 1. The number of carbonyl (C=O) groups is 1. The Balaban J connectivity index is 1.38. The van der Waals surface area contributed by atoms with Crippen molar-refractivity contribution >= 4 is 23.2 Å². The average Bonchev–Trinajstić information content (AvgIpc) is 2.79. The third kappa shape index (κ3) is 4.73. The van der Waals surface area contributed by atoms with Crippen molar-refractivity contribution in [2.45, 2.75) is 6.18 Å². The number of aromatic nitrogens is 3. The molecule has 0 spiro atoms. The highest BCUT2D eigenvalue weighted by atomic mass is 19.4. The molecule has 0 saturated carbocycles. The van der Waals surface area contributed by atoms with Crippen LogP contribution in [0.2, 0.25) is 0 Å². The first-order valence-corrected chi connectivity index (χ1v) is 9.63. The lowest BCUT2D eigenvalue weighted by Crippen LogP contribution is -2.49. The van der Waals surface area contributed by atoms with Crippen molar-refractivity contribution in [3.05, 3.63) is 72.1 Å². The molecule has 0 bridgehead atoms. The summed E-state index contributed by atoms with van der Waals surface area (Å²) in [6.07, 6.45) is -1.23. The SMILES string of the molecule is O=C(c1ccccc1C(F)(F)F)N1CCN(c2ccc(Nc3cccnc3)nn2)CC1. The minimum absolute atomic E-state index is 0.294. The molecule has 3 aromatic rings. The summed E-state index contributed by atoms with van der Waals surface area (Å²) in [5.41, 5.74) is -0.449. The van der Waals surface area contributed by atoms with Crippen LogP contribution in [0.5, 0.6) is 0 Å². The molecule has 0 aliphatic carbocycles. The number of benzene rings is 1. The molecule has 3 heterocycles. The Labute approximate surface area is 176 Å². The summed E-state index contributed by atoms with van der Waals surface area (Å²) in [5, 5.41) is 11.5. The topological polar surface area (TPSA) is 74.2 Å². The third-order valence-corrected chi connectivity index (χ3v) is 4.94. The lowest BCUT2D eigenvalue weighted by atomic mass is 10.1. The quantitative estimate of drug-likeness (QED) is 0.685. The summed E-state index contributed by atoms with van der Waals surface area (Å²) in [6.45, 7) is 1.48. The Morgan fingerprint density at radius 2 is 1.71 bits per heavy atom. The summed E-state index contributed by atoms with van der Waals surface area (Å²) in [5.74, 6) is 0.587. The second-order valence-electron chi connectivity index (χ2n) is 6.97. The van der Waals surface area contributed by atoms with Gasteiger partial charge < -0.3 is 15.1 Å². The molecule has 2 aromatic heterocycles. The smallest absolute Gasteiger partial charge is 0.352 e. The molecule has 1 aliphatic rings. The standard InChI is InChI=1S/C21H19F3N6O/c22-21(23,24)17-6-2-1-5-16(17)20(31)30-12-10-29(11-13-30)19-8-7-18(27-28-19)26-15-4-3-9-25-14-15/h1-9,14H,10-13H2,(H,26,27). The van der Waals surface area contributed by atoms with Gasteiger partial charge in [-0.05, 0) is 36.4 Å². The molecule has 7 nitrogen and oxygen atoms in total. The van der Waals surface area contributed by atoms with Crippen LogP contribution in [-0.4, -0.2) is 52.2 Å². The normalized spacial score (nSPS) is 14.4. The lowest BCUT2D eigenvalue weighted by Gasteiger charge is -2.35. The Bertz CT molecular complexity index is 1030. The molecule has 1 aromatic carbocycles. The maximum atomic E-state index is 13.2. The summed E-state index contributed by atoms with van der Waals surface area (Å²) < 4.78 is 39.7. The van der Waals surface area contributed by atoms with Crippen LogP contribution >= 0.6 is 0 Å². The fraction of sp³-hybridized carbons (Fsp3) is 0.238. The maximum Gasteiger partial charge on any atom is 0.417 e. The van der Waals surface area contributed by atoms with E-state index in [1.54, 1.807) is 24.5 Å². The Kier molecular flexibility index (Phi) is 5.70. The minimum Gasteiger partial charge on any atom is -0.352 e. The van der Waals surface area contributed by atoms with Crippen LogP contribution < -0.4 is 10.2 Å². The number of alkyl halides is 3. The van der Waals surface area contributed by atoms with Crippen LogP contribution in [-0.2, 0) is 6.18 Å². The van der Waals surface area contributed by atoms with Gasteiger partial charge >= 0.3 is 6.18 Å². The first-order valence-electron chi connectivity index (χ1n) is 9.63. The molecule has 1 aliphatic heterocycles. The van der Waals surface area contributed by atoms with E-state index in [1.807, 2.05) is 17.0 Å². The third-order valence-electron chi connectivity index (χ3n) is 4.94. The summed E-state index contributed by atoms with van der Waals surface area (Å²) in [7, 11) is 0. The van der Waals surface area contributed by atoms with Gasteiger partial charge in [0.15, 0.2) is 11.6 Å². The fourth-order valence-electron chi connectivity index (χ4n) is 3.37. The van der Waals surface area contributed by atoms with Gasteiger partial charge in [-0.2, -0.15) is 13.2 Å². The molecule has 1 saturated heterocycles. The van der Waals surface area contributed by atoms with E-state index in [0.717, 1.165) is 11.8 Å². The van der Waals surface area contributed by atoms with Crippen molar-refractivity contribution in [2.24, 2.45) is 0 Å². The van der Waals surface area contributed by atoms with Crippen LogP contribution in [0.15, 0.2) is 60.9 Å². The number of amides is 1. The molecule has 31 heavy (non-hydrogen) atoms. The van der Waals surface area contributed by atoms with E-state index < -0.39 is 17.6 Å². The second-order valence-corrected chi connectivity index (χ2v) is 6.97. The highest BCUT2D eigenvalue weighted by molar-refractivity contribution is 5.96. The number of carbonyl (C=O) groups excluding carboxylic acids is 1. The highest BCUT2D eigenvalue weighted by Gasteiger charge is 2.36. The van der Waals surface area contributed by atoms with Crippen molar-refractivity contribution in [1.82, 2.24) is 20.1 Å². The number of nitrogens with zero attached hydrogens (tertiary/aromatic N) is 5. The number of rotatable bonds is 4. The molecule has 0 radical (unpaired) electrons. The van der Waals surface area contributed by atoms with Crippen LogP contribution in [0, 0.1) is 0 Å². The van der Waals surface area contributed by atoms with Crippen molar-refractivity contribution in [2.75, 3.05) is 36.4 Å². The van der Waals surface area contributed by atoms with E-state index in [9.17, 15) is 18.0 Å². The summed E-state index contributed by atoms with van der Waals surface area (Å²) in [6, 6.07) is 12.1. The van der Waals surface area contributed by atoms with Gasteiger partial charge in [-0.25, -0.2) is 0 Å². The second kappa shape index (κ2) is 8.58. The number of pyridine rings is 1. The van der Waals surface area contributed by atoms with Crippen LogP contribution in [0.25, 0.3) is 0 Å². The zero-order chi connectivity index (χ0) is 21.8. The fourth-order valence-corrected chi connectivity index (χ4v) is 3.37. The monoisotopic (exact) mass is 428 g/mol. The number of halogens is 3. The molecular formula is C21H19F3N6O. The minimum atomic E-state index is -4.57. The van der Waals surface area contributed by atoms with E-state index >= 15 is 0 Å². The Morgan fingerprint density at radius 1 is 0.935 bits per heavy atom. The lowest BCUT2D eigenvalue weighted by molar-refractivity contribution is -0.138. The van der Waals surface area contributed by atoms with Crippen LogP contribution in [0.1, 0.15) is 15.9 Å². The van der Waals surface area contributed by atoms with Gasteiger partial charge in [-0.3, -0.25) is 9.78 Å². The van der Waals surface area contributed by atoms with Gasteiger partial charge in [0.05, 0.1) is 23.0 Å². The molecular weight excluding hydrogens is 409 g/mol. The van der Waals surface area contributed by atoms with E-state index in [1.165, 1.54) is 23.1 Å². The first kappa shape index (κ1) is 20.6. The van der Waals surface area contributed by atoms with Crippen molar-refractivity contribution < 1.29 is 18.0 Å². The molecule has 1 fully saturated rings. The molecule has 4 rings (SSSR count). The van der Waals surface area contributed by atoms with Gasteiger partial charge in [-0.1, -0.05) is 12.1 Å². The van der Waals surface area contributed by atoms with Gasteiger partial charge in [0.2, 0.25) is 0 Å². The average molecular weight is 428 g/mol. The van der Waals surface area contributed by atoms with Crippen LogP contribution in [0.3, 0.4) is 0 Å². The molecule has 1 amide bonds. The van der Waals surface area contributed by atoms with E-state index in [0.29, 0.717) is 37.8 Å². The zero-order valence-electron chi connectivity index (χ0n) is 16.4. The van der Waals surface area contributed by atoms with Gasteiger partial charge in [0, 0.05) is 32.4 Å². The van der Waals surface area contributed by atoms with E-state index in [-0.39, 0.29) is 5.56 Å². The maximum absolute atomic E-state index is 13.2. The Hall–Kier alpha value is -3.69. The molecule has 160 valence electrons. The van der Waals surface area contributed by atoms with Gasteiger partial charge in [0.25, 0.3) is 5.91 Å². The van der Waals surface area contributed by atoms with Gasteiger partial charge in [0.1, 0.15) is 0 Å². The largest absolute Gasteiger partial charge is 0.417 e. The van der Waals surface area contributed by atoms with Crippen LogP contribution in [0.4, 0.5) is 30.5 Å². The molecule has 1 N–H and O–H groups in total. The van der Waals surface area contributed by atoms with Gasteiger partial charge in [-0.15, -0.1) is 10.2 Å². The Morgan fingerprint density at radius 3 is 2.35 bits per heavy atom. The number of piperazine rings is 1. The van der Waals surface area contributed by atoms with E-state index in [4.69, 9.17) is 0 Å². The highest BCUT2D eigenvalue weighted by Crippen LogP contribution is 2.32. The molecule has 10 heteroatoms. The molecule has 0 atom stereocenters.